The van der Waals surface area contributed by atoms with Gasteiger partial charge in [-0.2, -0.15) is 0 Å². The summed E-state index contributed by atoms with van der Waals surface area (Å²) in [6, 6.07) is 13.3. The predicted molar refractivity (Wildman–Crippen MR) is 90.4 cm³/mol. The van der Waals surface area contributed by atoms with Gasteiger partial charge in [0, 0.05) is 12.1 Å². The second kappa shape index (κ2) is 6.32. The first-order valence-corrected chi connectivity index (χ1v) is 7.89. The second-order valence-corrected chi connectivity index (χ2v) is 5.80. The Balaban J connectivity index is 1.49. The number of fused-ring (bicyclic) bond motifs is 1. The molecule has 1 aliphatic heterocycles. The Hall–Kier alpha value is -3.28. The quantitative estimate of drug-likeness (QED) is 0.791. The van der Waals surface area contributed by atoms with Crippen molar-refractivity contribution in [3.05, 3.63) is 65.4 Å². The Kier molecular flexibility index (Phi) is 3.85. The summed E-state index contributed by atoms with van der Waals surface area (Å²) < 4.78 is 15.9. The van der Waals surface area contributed by atoms with E-state index in [1.807, 2.05) is 49.4 Å². The average molecular weight is 336 g/mol. The van der Waals surface area contributed by atoms with Crippen LogP contribution in [0.15, 0.2) is 53.2 Å². The molecule has 2 aromatic carbocycles. The van der Waals surface area contributed by atoms with Gasteiger partial charge >= 0.3 is 0 Å². The van der Waals surface area contributed by atoms with Crippen molar-refractivity contribution >= 4 is 5.91 Å². The number of hydrogen-bond donors (Lipinski definition) is 1. The zero-order valence-corrected chi connectivity index (χ0v) is 13.6. The standard InChI is InChI=1S/C19H16N2O4/c1-12-2-5-14(6-3-12)18-15(10-21-25-18)19(22)20-9-13-4-7-16-17(8-13)24-11-23-16/h2-8,10H,9,11H2,1H3,(H,20,22). The summed E-state index contributed by atoms with van der Waals surface area (Å²) in [6.45, 7) is 2.60. The Morgan fingerprint density at radius 2 is 1.92 bits per heavy atom. The van der Waals surface area contributed by atoms with Crippen LogP contribution in [0.2, 0.25) is 0 Å². The molecule has 3 aromatic rings. The van der Waals surface area contributed by atoms with Gasteiger partial charge in [0.2, 0.25) is 6.79 Å². The van der Waals surface area contributed by atoms with Gasteiger partial charge in [0.25, 0.3) is 5.91 Å². The molecule has 6 heteroatoms. The topological polar surface area (TPSA) is 73.6 Å². The van der Waals surface area contributed by atoms with Crippen LogP contribution in [0.1, 0.15) is 21.5 Å². The molecule has 0 saturated heterocycles. The maximum Gasteiger partial charge on any atom is 0.257 e. The fourth-order valence-corrected chi connectivity index (χ4v) is 2.64. The molecule has 0 fully saturated rings. The molecule has 0 bridgehead atoms. The molecule has 1 N–H and O–H groups in total. The van der Waals surface area contributed by atoms with E-state index in [1.54, 1.807) is 0 Å². The van der Waals surface area contributed by atoms with Gasteiger partial charge in [-0.15, -0.1) is 0 Å². The van der Waals surface area contributed by atoms with Crippen LogP contribution in [0.5, 0.6) is 11.5 Å². The second-order valence-electron chi connectivity index (χ2n) is 5.80. The minimum atomic E-state index is -0.241. The Bertz CT molecular complexity index is 915. The normalized spacial score (nSPS) is 12.2. The number of nitrogens with one attached hydrogen (secondary N) is 1. The molecule has 0 spiro atoms. The minimum absolute atomic E-state index is 0.228. The maximum absolute atomic E-state index is 12.5. The molecular weight excluding hydrogens is 320 g/mol. The van der Waals surface area contributed by atoms with Crippen LogP contribution >= 0.6 is 0 Å². The molecule has 6 nitrogen and oxygen atoms in total. The lowest BCUT2D eigenvalue weighted by atomic mass is 10.1. The fraction of sp³-hybridized carbons (Fsp3) is 0.158. The van der Waals surface area contributed by atoms with Crippen LogP contribution < -0.4 is 14.8 Å². The molecule has 1 amide bonds. The lowest BCUT2D eigenvalue weighted by molar-refractivity contribution is 0.0951. The largest absolute Gasteiger partial charge is 0.454 e. The van der Waals surface area contributed by atoms with E-state index >= 15 is 0 Å². The predicted octanol–water partition coefficient (Wildman–Crippen LogP) is 3.31. The average Bonchev–Trinajstić information content (AvgIpc) is 3.29. The van der Waals surface area contributed by atoms with Crippen LogP contribution in [0, 0.1) is 6.92 Å². The minimum Gasteiger partial charge on any atom is -0.454 e. The molecule has 0 aliphatic carbocycles. The fourth-order valence-electron chi connectivity index (χ4n) is 2.64. The molecular formula is C19H16N2O4. The monoisotopic (exact) mass is 336 g/mol. The highest BCUT2D eigenvalue weighted by atomic mass is 16.7. The van der Waals surface area contributed by atoms with Crippen molar-refractivity contribution in [3.63, 3.8) is 0 Å². The van der Waals surface area contributed by atoms with Crippen LogP contribution in [0.4, 0.5) is 0 Å². The summed E-state index contributed by atoms with van der Waals surface area (Å²) in [6.07, 6.45) is 1.43. The third-order valence-electron chi connectivity index (χ3n) is 4.02. The summed E-state index contributed by atoms with van der Waals surface area (Å²) in [7, 11) is 0. The SMILES string of the molecule is Cc1ccc(-c2oncc2C(=O)NCc2ccc3c(c2)OCO3)cc1. The number of nitrogens with zero attached hydrogens (tertiary/aromatic N) is 1. The van der Waals surface area contributed by atoms with Crippen LogP contribution in [0.3, 0.4) is 0 Å². The van der Waals surface area contributed by atoms with Crippen molar-refractivity contribution in [1.29, 1.82) is 0 Å². The van der Waals surface area contributed by atoms with E-state index in [1.165, 1.54) is 6.20 Å². The lowest BCUT2D eigenvalue weighted by Gasteiger charge is -2.06. The van der Waals surface area contributed by atoms with Gasteiger partial charge in [0.05, 0.1) is 6.20 Å². The molecule has 1 aliphatic rings. The van der Waals surface area contributed by atoms with Gasteiger partial charge in [0.15, 0.2) is 17.3 Å². The number of carbonyl (C=O) groups excluding carboxylic acids is 1. The Morgan fingerprint density at radius 3 is 2.76 bits per heavy atom. The number of amides is 1. The zero-order valence-electron chi connectivity index (χ0n) is 13.6. The lowest BCUT2D eigenvalue weighted by Crippen LogP contribution is -2.22. The van der Waals surface area contributed by atoms with Gasteiger partial charge in [-0.25, -0.2) is 0 Å². The first kappa shape index (κ1) is 15.3. The zero-order chi connectivity index (χ0) is 17.2. The summed E-state index contributed by atoms with van der Waals surface area (Å²) in [4.78, 5) is 12.5. The number of aryl methyl sites for hydroxylation is 1. The van der Waals surface area contributed by atoms with Crippen LogP contribution in [-0.4, -0.2) is 17.9 Å². The van der Waals surface area contributed by atoms with Crippen molar-refractivity contribution < 1.29 is 18.8 Å². The van der Waals surface area contributed by atoms with Crippen molar-refractivity contribution in [2.45, 2.75) is 13.5 Å². The summed E-state index contributed by atoms with van der Waals surface area (Å²) >= 11 is 0. The first-order valence-electron chi connectivity index (χ1n) is 7.89. The van der Waals surface area contributed by atoms with Crippen molar-refractivity contribution in [1.82, 2.24) is 10.5 Å². The summed E-state index contributed by atoms with van der Waals surface area (Å²) in [5, 5.41) is 6.65. The van der Waals surface area contributed by atoms with E-state index in [0.29, 0.717) is 23.6 Å². The van der Waals surface area contributed by atoms with Crippen molar-refractivity contribution in [3.8, 4) is 22.8 Å². The van der Waals surface area contributed by atoms with Crippen LogP contribution in [-0.2, 0) is 6.54 Å². The van der Waals surface area contributed by atoms with Gasteiger partial charge in [0.1, 0.15) is 5.56 Å². The summed E-state index contributed by atoms with van der Waals surface area (Å²) in [5.74, 6) is 1.63. The van der Waals surface area contributed by atoms with Crippen LogP contribution in [0.25, 0.3) is 11.3 Å². The van der Waals surface area contributed by atoms with E-state index in [9.17, 15) is 4.79 Å². The highest BCUT2D eigenvalue weighted by molar-refractivity contribution is 5.99. The van der Waals surface area contributed by atoms with E-state index in [-0.39, 0.29) is 12.7 Å². The Morgan fingerprint density at radius 1 is 1.12 bits per heavy atom. The van der Waals surface area contributed by atoms with E-state index in [2.05, 4.69) is 10.5 Å². The molecule has 25 heavy (non-hydrogen) atoms. The third-order valence-corrected chi connectivity index (χ3v) is 4.02. The number of rotatable bonds is 4. The van der Waals surface area contributed by atoms with Gasteiger partial charge < -0.3 is 19.3 Å². The van der Waals surface area contributed by atoms with Gasteiger partial charge in [-0.3, -0.25) is 4.79 Å². The number of hydrogen-bond acceptors (Lipinski definition) is 5. The number of aromatic nitrogens is 1. The van der Waals surface area contributed by atoms with E-state index in [0.717, 1.165) is 22.4 Å². The highest BCUT2D eigenvalue weighted by Crippen LogP contribution is 2.32. The number of carbonyl (C=O) groups is 1. The number of benzene rings is 2. The molecule has 4 rings (SSSR count). The first-order chi connectivity index (χ1) is 12.2. The van der Waals surface area contributed by atoms with Gasteiger partial charge in [-0.1, -0.05) is 41.1 Å². The van der Waals surface area contributed by atoms with E-state index in [4.69, 9.17) is 14.0 Å². The molecule has 126 valence electrons. The third kappa shape index (κ3) is 3.06. The molecule has 0 saturated carbocycles. The van der Waals surface area contributed by atoms with E-state index < -0.39 is 0 Å². The highest BCUT2D eigenvalue weighted by Gasteiger charge is 2.18. The molecule has 0 unspecified atom stereocenters. The summed E-state index contributed by atoms with van der Waals surface area (Å²) in [5.41, 5.74) is 3.28. The molecule has 2 heterocycles. The molecule has 0 radical (unpaired) electrons. The van der Waals surface area contributed by atoms with Crippen molar-refractivity contribution in [2.24, 2.45) is 0 Å². The Labute approximate surface area is 144 Å². The molecule has 1 aromatic heterocycles. The van der Waals surface area contributed by atoms with Gasteiger partial charge in [-0.05, 0) is 24.6 Å². The smallest absolute Gasteiger partial charge is 0.257 e. The number of ether oxygens (including phenoxy) is 2. The maximum atomic E-state index is 12.5. The molecule has 0 atom stereocenters. The van der Waals surface area contributed by atoms with Crippen molar-refractivity contribution in [2.75, 3.05) is 6.79 Å².